The van der Waals surface area contributed by atoms with Gasteiger partial charge in [-0.15, -0.1) is 0 Å². The van der Waals surface area contributed by atoms with Crippen molar-refractivity contribution in [3.8, 4) is 11.3 Å². The first-order valence-corrected chi connectivity index (χ1v) is 8.39. The Balaban J connectivity index is 1.69. The highest BCUT2D eigenvalue weighted by atomic mass is 32.2. The molecule has 0 aliphatic heterocycles. The first-order chi connectivity index (χ1) is 11.0. The molecule has 1 aromatic carbocycles. The predicted molar refractivity (Wildman–Crippen MR) is 83.5 cm³/mol. The molecule has 1 N–H and O–H groups in total. The molecule has 9 heteroatoms. The second-order valence-electron chi connectivity index (χ2n) is 5.10. The molecule has 0 radical (unpaired) electrons. The number of benzene rings is 1. The summed E-state index contributed by atoms with van der Waals surface area (Å²) in [6.45, 7) is 0. The Kier molecular flexibility index (Phi) is 3.87. The van der Waals surface area contributed by atoms with Gasteiger partial charge < -0.3 is 4.42 Å². The van der Waals surface area contributed by atoms with Gasteiger partial charge in [0.25, 0.3) is 5.69 Å². The lowest BCUT2D eigenvalue weighted by atomic mass is 10.1. The number of non-ortho nitro benzene ring substituents is 1. The Morgan fingerprint density at radius 2 is 1.91 bits per heavy atom. The molecule has 8 nitrogen and oxygen atoms in total. The van der Waals surface area contributed by atoms with Gasteiger partial charge in [-0.2, -0.15) is 5.10 Å². The lowest BCUT2D eigenvalue weighted by Gasteiger charge is -1.98. The lowest BCUT2D eigenvalue weighted by Crippen LogP contribution is -2.22. The van der Waals surface area contributed by atoms with Crippen molar-refractivity contribution in [2.24, 2.45) is 5.10 Å². The van der Waals surface area contributed by atoms with Gasteiger partial charge in [0.2, 0.25) is 10.0 Å². The highest BCUT2D eigenvalue weighted by Crippen LogP contribution is 2.27. The maximum Gasteiger partial charge on any atom is 0.269 e. The van der Waals surface area contributed by atoms with E-state index >= 15 is 0 Å². The first-order valence-electron chi connectivity index (χ1n) is 6.84. The van der Waals surface area contributed by atoms with Crippen LogP contribution >= 0.6 is 0 Å². The van der Waals surface area contributed by atoms with Gasteiger partial charge in [0, 0.05) is 17.7 Å². The highest BCUT2D eigenvalue weighted by molar-refractivity contribution is 7.90. The van der Waals surface area contributed by atoms with E-state index < -0.39 is 14.9 Å². The van der Waals surface area contributed by atoms with Gasteiger partial charge in [-0.1, -0.05) is 0 Å². The third kappa shape index (κ3) is 3.57. The van der Waals surface area contributed by atoms with E-state index in [1.54, 1.807) is 24.3 Å². The Morgan fingerprint density at radius 1 is 1.22 bits per heavy atom. The minimum absolute atomic E-state index is 0.00317. The summed E-state index contributed by atoms with van der Waals surface area (Å²) in [5.41, 5.74) is 0.672. The second-order valence-corrected chi connectivity index (χ2v) is 7.04. The van der Waals surface area contributed by atoms with Gasteiger partial charge in [0.15, 0.2) is 0 Å². The van der Waals surface area contributed by atoms with Gasteiger partial charge in [0.1, 0.15) is 11.5 Å². The van der Waals surface area contributed by atoms with E-state index in [0.29, 0.717) is 29.9 Å². The van der Waals surface area contributed by atoms with Crippen LogP contribution in [0.4, 0.5) is 5.69 Å². The van der Waals surface area contributed by atoms with Crippen LogP contribution in [0.2, 0.25) is 0 Å². The lowest BCUT2D eigenvalue weighted by molar-refractivity contribution is -0.384. The van der Waals surface area contributed by atoms with Crippen molar-refractivity contribution >= 4 is 21.9 Å². The maximum absolute atomic E-state index is 11.6. The number of sulfonamides is 1. The predicted octanol–water partition coefficient (Wildman–Crippen LogP) is 2.27. The molecule has 1 aliphatic rings. The zero-order chi connectivity index (χ0) is 16.4. The number of hydrogen-bond acceptors (Lipinski definition) is 6. The fourth-order valence-corrected chi connectivity index (χ4v) is 3.05. The van der Waals surface area contributed by atoms with E-state index in [2.05, 4.69) is 9.93 Å². The molecule has 120 valence electrons. The topological polar surface area (TPSA) is 115 Å². The van der Waals surface area contributed by atoms with E-state index in [-0.39, 0.29) is 10.9 Å². The Hall–Kier alpha value is -2.68. The molecule has 3 rings (SSSR count). The number of rotatable bonds is 6. The van der Waals surface area contributed by atoms with E-state index in [4.69, 9.17) is 4.42 Å². The van der Waals surface area contributed by atoms with Crippen LogP contribution in [0, 0.1) is 10.1 Å². The Morgan fingerprint density at radius 3 is 2.52 bits per heavy atom. The molecule has 1 fully saturated rings. The summed E-state index contributed by atoms with van der Waals surface area (Å²) in [7, 11) is -3.37. The standard InChI is InChI=1S/C14H13N3O5S/c18-17(19)11-3-1-10(2-4-11)14-8-5-12(22-14)9-15-16-23(20,21)13-6-7-13/h1-5,8-9,13,16H,6-7H2. The monoisotopic (exact) mass is 335 g/mol. The van der Waals surface area contributed by atoms with Crippen LogP contribution in [0.3, 0.4) is 0 Å². The molecule has 2 aromatic rings. The average Bonchev–Trinajstić information content (AvgIpc) is 3.28. The third-order valence-electron chi connectivity index (χ3n) is 3.32. The van der Waals surface area contributed by atoms with Gasteiger partial charge in [0.05, 0.1) is 16.4 Å². The fraction of sp³-hybridized carbons (Fsp3) is 0.214. The summed E-state index contributed by atoms with van der Waals surface area (Å²) in [5.74, 6) is 0.878. The van der Waals surface area contributed by atoms with Gasteiger partial charge in [-0.3, -0.25) is 10.1 Å². The number of nitrogens with zero attached hydrogens (tertiary/aromatic N) is 2. The quantitative estimate of drug-likeness (QED) is 0.494. The first kappa shape index (κ1) is 15.2. The van der Waals surface area contributed by atoms with E-state index in [1.807, 2.05) is 0 Å². The summed E-state index contributed by atoms with van der Waals surface area (Å²) in [4.78, 5) is 12.3. The summed E-state index contributed by atoms with van der Waals surface area (Å²) in [6.07, 6.45) is 2.60. The summed E-state index contributed by atoms with van der Waals surface area (Å²) in [5, 5.41) is 13.9. The fourth-order valence-electron chi connectivity index (χ4n) is 1.94. The van der Waals surface area contributed by atoms with Crippen molar-refractivity contribution in [1.29, 1.82) is 0 Å². The SMILES string of the molecule is O=[N+]([O-])c1ccc(-c2ccc(C=NNS(=O)(=O)C3CC3)o2)cc1. The van der Waals surface area contributed by atoms with Crippen LogP contribution in [0.5, 0.6) is 0 Å². The zero-order valence-corrected chi connectivity index (χ0v) is 12.7. The van der Waals surface area contributed by atoms with Crippen molar-refractivity contribution in [3.63, 3.8) is 0 Å². The van der Waals surface area contributed by atoms with Gasteiger partial charge in [-0.25, -0.2) is 13.2 Å². The number of furan rings is 1. The highest BCUT2D eigenvalue weighted by Gasteiger charge is 2.35. The smallest absolute Gasteiger partial charge is 0.269 e. The largest absolute Gasteiger partial charge is 0.455 e. The van der Waals surface area contributed by atoms with Gasteiger partial charge in [-0.05, 0) is 37.1 Å². The molecule has 23 heavy (non-hydrogen) atoms. The number of hydrazone groups is 1. The molecule has 1 aromatic heterocycles. The van der Waals surface area contributed by atoms with Crippen LogP contribution in [0.15, 0.2) is 45.9 Å². The molecule has 0 amide bonds. The minimum atomic E-state index is -3.37. The molecule has 1 heterocycles. The van der Waals surface area contributed by atoms with Crippen LogP contribution in [-0.2, 0) is 10.0 Å². The van der Waals surface area contributed by atoms with Crippen LogP contribution in [0.25, 0.3) is 11.3 Å². The van der Waals surface area contributed by atoms with Crippen molar-refractivity contribution in [1.82, 2.24) is 4.83 Å². The number of hydrogen-bond donors (Lipinski definition) is 1. The zero-order valence-electron chi connectivity index (χ0n) is 11.9. The molecule has 1 saturated carbocycles. The Labute approximate surface area is 132 Å². The molecule has 0 saturated heterocycles. The molecule has 0 bridgehead atoms. The third-order valence-corrected chi connectivity index (χ3v) is 5.03. The summed E-state index contributed by atoms with van der Waals surface area (Å²) in [6, 6.07) is 9.23. The van der Waals surface area contributed by atoms with Crippen molar-refractivity contribution in [2.75, 3.05) is 0 Å². The average molecular weight is 335 g/mol. The number of nitro benzene ring substituents is 1. The van der Waals surface area contributed by atoms with Crippen molar-refractivity contribution in [3.05, 3.63) is 52.3 Å². The van der Waals surface area contributed by atoms with Crippen molar-refractivity contribution in [2.45, 2.75) is 18.1 Å². The Bertz CT molecular complexity index is 851. The number of nitro groups is 1. The molecule has 0 unspecified atom stereocenters. The number of nitrogens with one attached hydrogen (secondary N) is 1. The molecular formula is C14H13N3O5S. The maximum atomic E-state index is 11.6. The van der Waals surface area contributed by atoms with Gasteiger partial charge >= 0.3 is 0 Å². The molecule has 0 atom stereocenters. The van der Waals surface area contributed by atoms with E-state index in [0.717, 1.165) is 0 Å². The second kappa shape index (κ2) is 5.84. The molecule has 1 aliphatic carbocycles. The normalized spacial score (nSPS) is 15.0. The summed E-state index contributed by atoms with van der Waals surface area (Å²) >= 11 is 0. The van der Waals surface area contributed by atoms with Crippen LogP contribution in [-0.4, -0.2) is 24.8 Å². The van der Waals surface area contributed by atoms with Crippen LogP contribution < -0.4 is 4.83 Å². The van der Waals surface area contributed by atoms with Crippen molar-refractivity contribution < 1.29 is 17.8 Å². The molecular weight excluding hydrogens is 322 g/mol. The summed E-state index contributed by atoms with van der Waals surface area (Å²) < 4.78 is 28.7. The minimum Gasteiger partial charge on any atom is -0.455 e. The van der Waals surface area contributed by atoms with E-state index in [1.165, 1.54) is 18.3 Å². The molecule has 0 spiro atoms. The van der Waals surface area contributed by atoms with E-state index in [9.17, 15) is 18.5 Å². The van der Waals surface area contributed by atoms with Crippen LogP contribution in [0.1, 0.15) is 18.6 Å².